The lowest BCUT2D eigenvalue weighted by Crippen LogP contribution is -2.31. The summed E-state index contributed by atoms with van der Waals surface area (Å²) >= 11 is 0. The number of ether oxygens (including phenoxy) is 1. The number of nitrogens with one attached hydrogen (secondary N) is 2. The standard InChI is InChI=1S/C20H24N4O3S/c1-14-10-20(19(11-21)15(2)24-14)22-12-16-5-7-18(8-6-16)28(25,26)23-13-17-4-3-9-27-17/h5-8,10,17,23H,3-4,9,12-13H2,1-2H3,(H,22,24). The summed E-state index contributed by atoms with van der Waals surface area (Å²) in [6.45, 7) is 5.14. The van der Waals surface area contributed by atoms with Crippen LogP contribution in [-0.2, 0) is 21.3 Å². The number of hydrogen-bond donors (Lipinski definition) is 2. The molecule has 2 aromatic rings. The normalized spacial score (nSPS) is 16.7. The van der Waals surface area contributed by atoms with Crippen LogP contribution in [0.4, 0.5) is 5.69 Å². The van der Waals surface area contributed by atoms with Crippen molar-refractivity contribution in [3.8, 4) is 6.07 Å². The molecule has 1 unspecified atom stereocenters. The van der Waals surface area contributed by atoms with Crippen LogP contribution in [0.15, 0.2) is 35.2 Å². The van der Waals surface area contributed by atoms with E-state index < -0.39 is 10.0 Å². The lowest BCUT2D eigenvalue weighted by atomic mass is 10.1. The zero-order chi connectivity index (χ0) is 20.1. The molecule has 1 saturated heterocycles. The number of rotatable bonds is 7. The average Bonchev–Trinajstić information content (AvgIpc) is 3.18. The highest BCUT2D eigenvalue weighted by molar-refractivity contribution is 7.89. The lowest BCUT2D eigenvalue weighted by Gasteiger charge is -2.13. The van der Waals surface area contributed by atoms with Gasteiger partial charge in [-0.05, 0) is 50.5 Å². The summed E-state index contributed by atoms with van der Waals surface area (Å²) in [5.41, 5.74) is 3.67. The summed E-state index contributed by atoms with van der Waals surface area (Å²) in [5.74, 6) is 0. The molecule has 1 aliphatic heterocycles. The van der Waals surface area contributed by atoms with Crippen molar-refractivity contribution in [2.45, 2.75) is 44.2 Å². The number of benzene rings is 1. The quantitative estimate of drug-likeness (QED) is 0.740. The second kappa shape index (κ2) is 8.69. The van der Waals surface area contributed by atoms with Crippen molar-refractivity contribution in [1.82, 2.24) is 9.71 Å². The minimum atomic E-state index is -3.56. The monoisotopic (exact) mass is 400 g/mol. The third-order valence-corrected chi connectivity index (χ3v) is 6.12. The molecule has 1 atom stereocenters. The van der Waals surface area contributed by atoms with Gasteiger partial charge in [-0.25, -0.2) is 13.1 Å². The molecule has 0 saturated carbocycles. The van der Waals surface area contributed by atoms with E-state index in [0.717, 1.165) is 29.8 Å². The molecule has 0 bridgehead atoms. The van der Waals surface area contributed by atoms with Crippen LogP contribution in [0.3, 0.4) is 0 Å². The largest absolute Gasteiger partial charge is 0.380 e. The second-order valence-electron chi connectivity index (χ2n) is 6.87. The molecule has 2 N–H and O–H groups in total. The molecule has 0 spiro atoms. The highest BCUT2D eigenvalue weighted by Gasteiger charge is 2.20. The highest BCUT2D eigenvalue weighted by atomic mass is 32.2. The van der Waals surface area contributed by atoms with Crippen molar-refractivity contribution >= 4 is 15.7 Å². The second-order valence-corrected chi connectivity index (χ2v) is 8.63. The number of pyridine rings is 1. The smallest absolute Gasteiger partial charge is 0.240 e. The van der Waals surface area contributed by atoms with Gasteiger partial charge in [-0.2, -0.15) is 5.26 Å². The third kappa shape index (κ3) is 4.87. The van der Waals surface area contributed by atoms with E-state index in [4.69, 9.17) is 4.74 Å². The molecule has 1 fully saturated rings. The van der Waals surface area contributed by atoms with Gasteiger partial charge in [-0.1, -0.05) is 12.1 Å². The van der Waals surface area contributed by atoms with E-state index in [0.29, 0.717) is 31.0 Å². The lowest BCUT2D eigenvalue weighted by molar-refractivity contribution is 0.114. The van der Waals surface area contributed by atoms with E-state index in [9.17, 15) is 13.7 Å². The van der Waals surface area contributed by atoms with E-state index in [1.807, 2.05) is 13.0 Å². The Balaban J connectivity index is 1.64. The highest BCUT2D eigenvalue weighted by Crippen LogP contribution is 2.20. The van der Waals surface area contributed by atoms with Crippen molar-refractivity contribution in [3.63, 3.8) is 0 Å². The molecule has 28 heavy (non-hydrogen) atoms. The van der Waals surface area contributed by atoms with Crippen molar-refractivity contribution < 1.29 is 13.2 Å². The summed E-state index contributed by atoms with van der Waals surface area (Å²) < 4.78 is 32.9. The van der Waals surface area contributed by atoms with Gasteiger partial charge < -0.3 is 10.1 Å². The number of hydrogen-bond acceptors (Lipinski definition) is 6. The minimum Gasteiger partial charge on any atom is -0.380 e. The first-order chi connectivity index (χ1) is 13.4. The maximum absolute atomic E-state index is 12.4. The molecule has 148 valence electrons. The first-order valence-electron chi connectivity index (χ1n) is 9.21. The van der Waals surface area contributed by atoms with Crippen molar-refractivity contribution in [1.29, 1.82) is 5.26 Å². The molecular weight excluding hydrogens is 376 g/mol. The Labute approximate surface area is 165 Å². The number of sulfonamides is 1. The van der Waals surface area contributed by atoms with Crippen LogP contribution < -0.4 is 10.0 Å². The average molecular weight is 401 g/mol. The maximum Gasteiger partial charge on any atom is 0.240 e. The summed E-state index contributed by atoms with van der Waals surface area (Å²) in [7, 11) is -3.56. The number of anilines is 1. The fourth-order valence-electron chi connectivity index (χ4n) is 3.18. The molecule has 7 nitrogen and oxygen atoms in total. The van der Waals surface area contributed by atoms with Gasteiger partial charge in [0.05, 0.1) is 27.9 Å². The molecule has 2 heterocycles. The van der Waals surface area contributed by atoms with Gasteiger partial charge in [0.2, 0.25) is 10.0 Å². The van der Waals surface area contributed by atoms with Crippen LogP contribution in [-0.4, -0.2) is 32.7 Å². The predicted octanol–water partition coefficient (Wildman–Crippen LogP) is 2.64. The zero-order valence-corrected chi connectivity index (χ0v) is 16.8. The van der Waals surface area contributed by atoms with Crippen molar-refractivity contribution in [2.24, 2.45) is 0 Å². The van der Waals surface area contributed by atoms with Crippen LogP contribution in [0.25, 0.3) is 0 Å². The number of nitriles is 1. The summed E-state index contributed by atoms with van der Waals surface area (Å²) in [6.07, 6.45) is 1.81. The Morgan fingerprint density at radius 3 is 2.68 bits per heavy atom. The SMILES string of the molecule is Cc1cc(NCc2ccc(S(=O)(=O)NCC3CCCO3)cc2)c(C#N)c(C)n1. The molecule has 1 aromatic heterocycles. The number of aryl methyl sites for hydroxylation is 2. The van der Waals surface area contributed by atoms with Crippen LogP contribution in [0.2, 0.25) is 0 Å². The number of aromatic nitrogens is 1. The van der Waals surface area contributed by atoms with Gasteiger partial charge in [-0.3, -0.25) is 4.98 Å². The topological polar surface area (TPSA) is 104 Å². The molecule has 0 radical (unpaired) electrons. The zero-order valence-electron chi connectivity index (χ0n) is 16.0. The van der Waals surface area contributed by atoms with E-state index in [2.05, 4.69) is 21.1 Å². The van der Waals surface area contributed by atoms with Crippen LogP contribution in [0, 0.1) is 25.2 Å². The summed E-state index contributed by atoms with van der Waals surface area (Å²) in [6, 6.07) is 10.7. The molecule has 8 heteroatoms. The van der Waals surface area contributed by atoms with E-state index in [1.165, 1.54) is 0 Å². The Morgan fingerprint density at radius 1 is 1.29 bits per heavy atom. The van der Waals surface area contributed by atoms with Gasteiger partial charge in [0.15, 0.2) is 0 Å². The summed E-state index contributed by atoms with van der Waals surface area (Å²) in [5, 5.41) is 12.6. The molecule has 0 amide bonds. The fraction of sp³-hybridized carbons (Fsp3) is 0.400. The van der Waals surface area contributed by atoms with Crippen LogP contribution >= 0.6 is 0 Å². The van der Waals surface area contributed by atoms with E-state index in [-0.39, 0.29) is 11.0 Å². The number of nitrogens with zero attached hydrogens (tertiary/aromatic N) is 2. The Bertz CT molecular complexity index is 976. The van der Waals surface area contributed by atoms with Crippen molar-refractivity contribution in [2.75, 3.05) is 18.5 Å². The molecule has 1 aromatic carbocycles. The molecule has 3 rings (SSSR count). The van der Waals surface area contributed by atoms with Crippen LogP contribution in [0.5, 0.6) is 0 Å². The molecular formula is C20H24N4O3S. The predicted molar refractivity (Wildman–Crippen MR) is 106 cm³/mol. The fourth-order valence-corrected chi connectivity index (χ4v) is 4.25. The van der Waals surface area contributed by atoms with Crippen molar-refractivity contribution in [3.05, 3.63) is 52.8 Å². The molecule has 1 aliphatic rings. The summed E-state index contributed by atoms with van der Waals surface area (Å²) in [4.78, 5) is 4.52. The van der Waals surface area contributed by atoms with Gasteiger partial charge in [-0.15, -0.1) is 0 Å². The Morgan fingerprint density at radius 2 is 2.04 bits per heavy atom. The van der Waals surface area contributed by atoms with Gasteiger partial charge in [0, 0.05) is 25.4 Å². The third-order valence-electron chi connectivity index (χ3n) is 4.68. The first-order valence-corrected chi connectivity index (χ1v) is 10.7. The van der Waals surface area contributed by atoms with E-state index >= 15 is 0 Å². The van der Waals surface area contributed by atoms with Crippen LogP contribution in [0.1, 0.15) is 35.4 Å². The maximum atomic E-state index is 12.4. The minimum absolute atomic E-state index is 0.0418. The first kappa shape index (κ1) is 20.3. The van der Waals surface area contributed by atoms with Gasteiger partial charge in [0.1, 0.15) is 6.07 Å². The van der Waals surface area contributed by atoms with Gasteiger partial charge in [0.25, 0.3) is 0 Å². The Hall–Kier alpha value is -2.47. The van der Waals surface area contributed by atoms with Gasteiger partial charge >= 0.3 is 0 Å². The Kier molecular flexibility index (Phi) is 6.29. The molecule has 0 aliphatic carbocycles. The van der Waals surface area contributed by atoms with E-state index in [1.54, 1.807) is 31.2 Å².